The molecule has 0 unspecified atom stereocenters. The molecule has 2 amide bonds. The average Bonchev–Trinajstić information content (AvgIpc) is 2.63. The SMILES string of the molecule is CCc1ccc(N2C(=O)/C(=C/c3cc(Cl)c(O)c(Cl)c3)C(=O)NC2=S)cc1. The van der Waals surface area contributed by atoms with Crippen LogP contribution in [0.4, 0.5) is 5.69 Å². The number of hydrogen-bond acceptors (Lipinski definition) is 4. The van der Waals surface area contributed by atoms with Gasteiger partial charge in [0, 0.05) is 0 Å². The predicted molar refractivity (Wildman–Crippen MR) is 110 cm³/mol. The van der Waals surface area contributed by atoms with Gasteiger partial charge in [0.05, 0.1) is 15.7 Å². The van der Waals surface area contributed by atoms with E-state index >= 15 is 0 Å². The third-order valence-electron chi connectivity index (χ3n) is 4.05. The number of amides is 2. The van der Waals surface area contributed by atoms with Crippen LogP contribution in [0.25, 0.3) is 6.08 Å². The summed E-state index contributed by atoms with van der Waals surface area (Å²) in [7, 11) is 0. The highest BCUT2D eigenvalue weighted by atomic mass is 35.5. The van der Waals surface area contributed by atoms with E-state index in [-0.39, 0.29) is 26.5 Å². The van der Waals surface area contributed by atoms with Crippen LogP contribution < -0.4 is 10.2 Å². The minimum absolute atomic E-state index is 0.00756. The first-order valence-electron chi connectivity index (χ1n) is 8.00. The second kappa shape index (κ2) is 7.68. The smallest absolute Gasteiger partial charge is 0.270 e. The highest BCUT2D eigenvalue weighted by molar-refractivity contribution is 7.80. The number of nitrogens with one attached hydrogen (secondary N) is 1. The molecule has 0 aliphatic carbocycles. The summed E-state index contributed by atoms with van der Waals surface area (Å²) >= 11 is 17.0. The lowest BCUT2D eigenvalue weighted by Gasteiger charge is -2.29. The average molecular weight is 421 g/mol. The van der Waals surface area contributed by atoms with Gasteiger partial charge < -0.3 is 5.11 Å². The van der Waals surface area contributed by atoms with E-state index in [0.717, 1.165) is 12.0 Å². The molecule has 27 heavy (non-hydrogen) atoms. The number of aromatic hydroxyl groups is 1. The van der Waals surface area contributed by atoms with Gasteiger partial charge >= 0.3 is 0 Å². The number of halogens is 2. The second-order valence-electron chi connectivity index (χ2n) is 5.81. The Labute approximate surface area is 171 Å². The molecule has 2 aromatic rings. The zero-order chi connectivity index (χ0) is 19.7. The van der Waals surface area contributed by atoms with Gasteiger partial charge in [-0.15, -0.1) is 0 Å². The minimum Gasteiger partial charge on any atom is -0.505 e. The summed E-state index contributed by atoms with van der Waals surface area (Å²) in [5.41, 5.74) is 1.94. The van der Waals surface area contributed by atoms with Gasteiger partial charge in [-0.25, -0.2) is 0 Å². The number of carbonyl (C=O) groups excluding carboxylic acids is 2. The molecule has 0 aromatic heterocycles. The quantitative estimate of drug-likeness (QED) is 0.445. The van der Waals surface area contributed by atoms with E-state index in [9.17, 15) is 14.7 Å². The molecule has 2 aromatic carbocycles. The van der Waals surface area contributed by atoms with Crippen LogP contribution in [-0.4, -0.2) is 22.0 Å². The molecule has 2 N–H and O–H groups in total. The number of phenolic OH excluding ortho intramolecular Hbond substituents is 1. The number of carbonyl (C=O) groups is 2. The normalized spacial score (nSPS) is 16.0. The molecule has 0 atom stereocenters. The van der Waals surface area contributed by atoms with Crippen molar-refractivity contribution in [1.29, 1.82) is 0 Å². The van der Waals surface area contributed by atoms with Crippen LogP contribution in [0, 0.1) is 0 Å². The molecule has 5 nitrogen and oxygen atoms in total. The number of thiocarbonyl (C=S) groups is 1. The largest absolute Gasteiger partial charge is 0.505 e. The summed E-state index contributed by atoms with van der Waals surface area (Å²) in [6.45, 7) is 2.03. The van der Waals surface area contributed by atoms with Crippen LogP contribution in [0.1, 0.15) is 18.1 Å². The number of nitrogens with zero attached hydrogens (tertiary/aromatic N) is 1. The van der Waals surface area contributed by atoms with Gasteiger partial charge in [-0.1, -0.05) is 42.3 Å². The highest BCUT2D eigenvalue weighted by Crippen LogP contribution is 2.33. The third kappa shape index (κ3) is 3.83. The Bertz CT molecular complexity index is 964. The molecular formula is C19H14Cl2N2O3S. The van der Waals surface area contributed by atoms with Crippen LogP contribution in [0.3, 0.4) is 0 Å². The highest BCUT2D eigenvalue weighted by Gasteiger charge is 2.34. The predicted octanol–water partition coefficient (Wildman–Crippen LogP) is 4.09. The summed E-state index contributed by atoms with van der Waals surface area (Å²) in [6.07, 6.45) is 2.22. The van der Waals surface area contributed by atoms with Crippen molar-refractivity contribution in [3.8, 4) is 5.75 Å². The number of hydrogen-bond donors (Lipinski definition) is 2. The molecule has 0 spiro atoms. The maximum absolute atomic E-state index is 12.9. The standard InChI is InChI=1S/C19H14Cl2N2O3S/c1-2-10-3-5-12(6-4-10)23-18(26)13(17(25)22-19(23)27)7-11-8-14(20)16(24)15(21)9-11/h3-9,24H,2H2,1H3,(H,22,25,27)/b13-7+. The molecule has 1 aliphatic rings. The maximum atomic E-state index is 12.9. The fourth-order valence-electron chi connectivity index (χ4n) is 2.61. The number of benzene rings is 2. The molecule has 1 fully saturated rings. The third-order valence-corrected chi connectivity index (χ3v) is 4.92. The van der Waals surface area contributed by atoms with E-state index in [2.05, 4.69) is 5.32 Å². The summed E-state index contributed by atoms with van der Waals surface area (Å²) in [4.78, 5) is 26.5. The lowest BCUT2D eigenvalue weighted by atomic mass is 10.1. The number of rotatable bonds is 3. The van der Waals surface area contributed by atoms with Crippen molar-refractivity contribution in [3.63, 3.8) is 0 Å². The molecule has 1 aliphatic heterocycles. The monoisotopic (exact) mass is 420 g/mol. The van der Waals surface area contributed by atoms with Crippen molar-refractivity contribution in [3.05, 3.63) is 63.1 Å². The first kappa shape index (κ1) is 19.4. The fourth-order valence-corrected chi connectivity index (χ4v) is 3.39. The van der Waals surface area contributed by atoms with Crippen molar-refractivity contribution in [2.24, 2.45) is 0 Å². The Kier molecular flexibility index (Phi) is 5.51. The Morgan fingerprint density at radius 2 is 1.74 bits per heavy atom. The van der Waals surface area contributed by atoms with E-state index in [0.29, 0.717) is 11.3 Å². The molecule has 138 valence electrons. The van der Waals surface area contributed by atoms with Crippen molar-refractivity contribution in [2.75, 3.05) is 4.90 Å². The molecule has 3 rings (SSSR count). The van der Waals surface area contributed by atoms with E-state index in [4.69, 9.17) is 35.4 Å². The Hall–Kier alpha value is -2.41. The van der Waals surface area contributed by atoms with E-state index < -0.39 is 11.8 Å². The van der Waals surface area contributed by atoms with Gasteiger partial charge in [0.2, 0.25) is 0 Å². The molecule has 0 saturated carbocycles. The molecular weight excluding hydrogens is 407 g/mol. The minimum atomic E-state index is -0.619. The van der Waals surface area contributed by atoms with Crippen molar-refractivity contribution in [1.82, 2.24) is 5.32 Å². The van der Waals surface area contributed by atoms with Crippen molar-refractivity contribution >= 4 is 64.1 Å². The van der Waals surface area contributed by atoms with Gasteiger partial charge in [-0.3, -0.25) is 19.8 Å². The van der Waals surface area contributed by atoms with Crippen LogP contribution in [0.15, 0.2) is 42.0 Å². The van der Waals surface area contributed by atoms with E-state index in [1.165, 1.54) is 23.1 Å². The Morgan fingerprint density at radius 1 is 1.15 bits per heavy atom. The molecule has 1 heterocycles. The molecule has 0 radical (unpaired) electrons. The molecule has 8 heteroatoms. The van der Waals surface area contributed by atoms with Gasteiger partial charge in [-0.2, -0.15) is 0 Å². The van der Waals surface area contributed by atoms with Crippen LogP contribution in [-0.2, 0) is 16.0 Å². The van der Waals surface area contributed by atoms with Crippen molar-refractivity contribution in [2.45, 2.75) is 13.3 Å². The van der Waals surface area contributed by atoms with E-state index in [1.807, 2.05) is 19.1 Å². The summed E-state index contributed by atoms with van der Waals surface area (Å²) in [5, 5.41) is 12.2. The first-order valence-corrected chi connectivity index (χ1v) is 9.16. The summed E-state index contributed by atoms with van der Waals surface area (Å²) < 4.78 is 0. The summed E-state index contributed by atoms with van der Waals surface area (Å²) in [5.74, 6) is -1.45. The Morgan fingerprint density at radius 3 is 2.30 bits per heavy atom. The second-order valence-corrected chi connectivity index (χ2v) is 7.01. The van der Waals surface area contributed by atoms with E-state index in [1.54, 1.807) is 12.1 Å². The maximum Gasteiger partial charge on any atom is 0.270 e. The zero-order valence-corrected chi connectivity index (χ0v) is 16.5. The molecule has 0 bridgehead atoms. The van der Waals surface area contributed by atoms with Crippen LogP contribution in [0.2, 0.25) is 10.0 Å². The van der Waals surface area contributed by atoms with Crippen LogP contribution in [0.5, 0.6) is 5.75 Å². The lowest BCUT2D eigenvalue weighted by Crippen LogP contribution is -2.54. The Balaban J connectivity index is 2.01. The topological polar surface area (TPSA) is 69.6 Å². The first-order chi connectivity index (χ1) is 12.8. The number of phenols is 1. The van der Waals surface area contributed by atoms with Gasteiger partial charge in [-0.05, 0) is 60.1 Å². The van der Waals surface area contributed by atoms with Gasteiger partial charge in [0.1, 0.15) is 5.57 Å². The molecule has 1 saturated heterocycles. The number of aryl methyl sites for hydroxylation is 1. The lowest BCUT2D eigenvalue weighted by molar-refractivity contribution is -0.122. The zero-order valence-electron chi connectivity index (χ0n) is 14.1. The van der Waals surface area contributed by atoms with Gasteiger partial charge in [0.15, 0.2) is 10.9 Å². The fraction of sp³-hybridized carbons (Fsp3) is 0.105. The van der Waals surface area contributed by atoms with Gasteiger partial charge in [0.25, 0.3) is 11.8 Å². The van der Waals surface area contributed by atoms with Crippen molar-refractivity contribution < 1.29 is 14.7 Å². The summed E-state index contributed by atoms with van der Waals surface area (Å²) in [6, 6.07) is 10.1. The number of anilines is 1. The van der Waals surface area contributed by atoms with Crippen LogP contribution >= 0.6 is 35.4 Å².